The van der Waals surface area contributed by atoms with Crippen LogP contribution in [0.15, 0.2) is 24.7 Å². The lowest BCUT2D eigenvalue weighted by atomic mass is 10.2. The minimum atomic E-state index is -0.515. The highest BCUT2D eigenvalue weighted by molar-refractivity contribution is 5.98. The van der Waals surface area contributed by atoms with Crippen molar-refractivity contribution in [2.75, 3.05) is 18.4 Å². The zero-order valence-electron chi connectivity index (χ0n) is 11.7. The number of anilines is 1. The molecule has 0 aromatic carbocycles. The number of nitrogens with one attached hydrogen (secondary N) is 1. The van der Waals surface area contributed by atoms with Crippen LogP contribution in [-0.4, -0.2) is 38.4 Å². The summed E-state index contributed by atoms with van der Waals surface area (Å²) in [5.41, 5.74) is 0.261. The fraction of sp³-hybridized carbons (Fsp3) is 0.357. The molecule has 0 radical (unpaired) electrons. The van der Waals surface area contributed by atoms with Crippen molar-refractivity contribution in [3.05, 3.63) is 41.9 Å². The average molecular weight is 289 g/mol. The maximum Gasteiger partial charge on any atom is 0.258 e. The minimum absolute atomic E-state index is 0.229. The van der Waals surface area contributed by atoms with E-state index in [0.29, 0.717) is 32.0 Å². The lowest BCUT2D eigenvalue weighted by molar-refractivity contribution is 0.0707. The van der Waals surface area contributed by atoms with E-state index in [4.69, 9.17) is 0 Å². The lowest BCUT2D eigenvalue weighted by Gasteiger charge is -2.28. The fourth-order valence-electron chi connectivity index (χ4n) is 2.43. The van der Waals surface area contributed by atoms with Crippen molar-refractivity contribution in [3.8, 4) is 0 Å². The van der Waals surface area contributed by atoms with E-state index < -0.39 is 5.82 Å². The van der Waals surface area contributed by atoms with Crippen molar-refractivity contribution in [1.29, 1.82) is 0 Å². The number of halogens is 1. The number of hydrogen-bond acceptors (Lipinski definition) is 4. The van der Waals surface area contributed by atoms with Gasteiger partial charge in [0.25, 0.3) is 5.91 Å². The van der Waals surface area contributed by atoms with E-state index in [-0.39, 0.29) is 11.5 Å². The molecule has 110 valence electrons. The van der Waals surface area contributed by atoms with Gasteiger partial charge in [-0.15, -0.1) is 0 Å². The van der Waals surface area contributed by atoms with Gasteiger partial charge in [-0.2, -0.15) is 0 Å². The first-order valence-corrected chi connectivity index (χ1v) is 6.87. The van der Waals surface area contributed by atoms with Crippen molar-refractivity contribution in [3.63, 3.8) is 0 Å². The molecule has 1 aliphatic rings. The molecule has 0 bridgehead atoms. The molecule has 21 heavy (non-hydrogen) atoms. The second kappa shape index (κ2) is 5.51. The monoisotopic (exact) mass is 289 g/mol. The second-order valence-corrected chi connectivity index (χ2v) is 4.84. The quantitative estimate of drug-likeness (QED) is 0.930. The number of nitrogens with zero attached hydrogens (tertiary/aromatic N) is 4. The van der Waals surface area contributed by atoms with Crippen LogP contribution in [0.4, 0.5) is 10.2 Å². The van der Waals surface area contributed by atoms with Gasteiger partial charge in [0.1, 0.15) is 17.5 Å². The van der Waals surface area contributed by atoms with E-state index in [0.717, 1.165) is 12.0 Å². The standard InChI is InChI=1S/C14H16FN5O/c1-2-16-13-11(7-10(15)8-18-13)14(21)20-6-5-19-4-3-17-12(19)9-20/h3-4,7-8H,2,5-6,9H2,1H3,(H,16,18). The minimum Gasteiger partial charge on any atom is -0.370 e. The normalized spacial score (nSPS) is 13.9. The Balaban J connectivity index is 1.87. The summed E-state index contributed by atoms with van der Waals surface area (Å²) in [6, 6.07) is 1.23. The van der Waals surface area contributed by atoms with Gasteiger partial charge >= 0.3 is 0 Å². The molecular formula is C14H16FN5O. The second-order valence-electron chi connectivity index (χ2n) is 4.84. The Bertz CT molecular complexity index is 669. The number of rotatable bonds is 3. The van der Waals surface area contributed by atoms with Crippen LogP contribution in [0.1, 0.15) is 23.1 Å². The van der Waals surface area contributed by atoms with Crippen molar-refractivity contribution in [2.45, 2.75) is 20.0 Å². The van der Waals surface area contributed by atoms with Crippen LogP contribution in [0.25, 0.3) is 0 Å². The Morgan fingerprint density at radius 2 is 2.29 bits per heavy atom. The summed E-state index contributed by atoms with van der Waals surface area (Å²) in [6.07, 6.45) is 4.72. The van der Waals surface area contributed by atoms with Gasteiger partial charge in [-0.3, -0.25) is 4.79 Å². The van der Waals surface area contributed by atoms with Gasteiger partial charge in [0.05, 0.1) is 18.3 Å². The van der Waals surface area contributed by atoms with Crippen LogP contribution in [0.2, 0.25) is 0 Å². The molecule has 1 N–H and O–H groups in total. The summed E-state index contributed by atoms with van der Waals surface area (Å²) >= 11 is 0. The fourth-order valence-corrected chi connectivity index (χ4v) is 2.43. The van der Waals surface area contributed by atoms with Crippen LogP contribution in [-0.2, 0) is 13.1 Å². The molecule has 0 spiro atoms. The summed E-state index contributed by atoms with van der Waals surface area (Å²) in [5.74, 6) is 0.507. The molecular weight excluding hydrogens is 273 g/mol. The number of fused-ring (bicyclic) bond motifs is 1. The third-order valence-electron chi connectivity index (χ3n) is 3.46. The highest BCUT2D eigenvalue weighted by Crippen LogP contribution is 2.19. The molecule has 0 unspecified atom stereocenters. The third-order valence-corrected chi connectivity index (χ3v) is 3.46. The molecule has 3 heterocycles. The molecule has 0 atom stereocenters. The lowest BCUT2D eigenvalue weighted by Crippen LogP contribution is -2.38. The van der Waals surface area contributed by atoms with Gasteiger partial charge in [-0.25, -0.2) is 14.4 Å². The van der Waals surface area contributed by atoms with E-state index in [9.17, 15) is 9.18 Å². The smallest absolute Gasteiger partial charge is 0.258 e. The highest BCUT2D eigenvalue weighted by Gasteiger charge is 2.25. The Morgan fingerprint density at radius 1 is 1.43 bits per heavy atom. The molecule has 1 amide bonds. The van der Waals surface area contributed by atoms with Gasteiger partial charge < -0.3 is 14.8 Å². The molecule has 3 rings (SSSR count). The van der Waals surface area contributed by atoms with E-state index in [1.54, 1.807) is 11.1 Å². The summed E-state index contributed by atoms with van der Waals surface area (Å²) < 4.78 is 15.4. The molecule has 1 aliphatic heterocycles. The number of pyridine rings is 1. The van der Waals surface area contributed by atoms with Gasteiger partial charge in [-0.05, 0) is 13.0 Å². The van der Waals surface area contributed by atoms with E-state index in [1.165, 1.54) is 6.07 Å². The summed E-state index contributed by atoms with van der Waals surface area (Å²) in [6.45, 7) is 4.21. The molecule has 2 aromatic heterocycles. The maximum absolute atomic E-state index is 13.4. The zero-order valence-corrected chi connectivity index (χ0v) is 11.7. The first-order chi connectivity index (χ1) is 10.2. The maximum atomic E-state index is 13.4. The molecule has 7 heteroatoms. The van der Waals surface area contributed by atoms with Crippen LogP contribution in [0.5, 0.6) is 0 Å². The molecule has 0 saturated heterocycles. The van der Waals surface area contributed by atoms with Crippen molar-refractivity contribution in [2.24, 2.45) is 0 Å². The Morgan fingerprint density at radius 3 is 3.10 bits per heavy atom. The molecule has 2 aromatic rings. The summed E-state index contributed by atoms with van der Waals surface area (Å²) in [5, 5.41) is 2.99. The van der Waals surface area contributed by atoms with Gasteiger partial charge in [0.2, 0.25) is 0 Å². The number of aromatic nitrogens is 3. The van der Waals surface area contributed by atoms with E-state index in [2.05, 4.69) is 15.3 Å². The number of imidazole rings is 1. The predicted molar refractivity (Wildman–Crippen MR) is 75.3 cm³/mol. The SMILES string of the molecule is CCNc1ncc(F)cc1C(=O)N1CCn2ccnc2C1. The molecule has 0 aliphatic carbocycles. The van der Waals surface area contributed by atoms with Crippen molar-refractivity contribution in [1.82, 2.24) is 19.4 Å². The van der Waals surface area contributed by atoms with Crippen molar-refractivity contribution < 1.29 is 9.18 Å². The summed E-state index contributed by atoms with van der Waals surface area (Å²) in [7, 11) is 0. The van der Waals surface area contributed by atoms with Gasteiger partial charge in [0.15, 0.2) is 0 Å². The van der Waals surface area contributed by atoms with Crippen LogP contribution in [0.3, 0.4) is 0 Å². The number of carbonyl (C=O) groups is 1. The van der Waals surface area contributed by atoms with E-state index in [1.807, 2.05) is 17.7 Å². The number of carbonyl (C=O) groups excluding carboxylic acids is 1. The third kappa shape index (κ3) is 2.58. The zero-order chi connectivity index (χ0) is 14.8. The number of amides is 1. The van der Waals surface area contributed by atoms with Crippen LogP contribution in [0, 0.1) is 5.82 Å². The topological polar surface area (TPSA) is 63.1 Å². The molecule has 6 nitrogen and oxygen atoms in total. The van der Waals surface area contributed by atoms with Crippen LogP contribution < -0.4 is 5.32 Å². The van der Waals surface area contributed by atoms with Gasteiger partial charge in [0, 0.05) is 32.0 Å². The first kappa shape index (κ1) is 13.5. The predicted octanol–water partition coefficient (Wildman–Crippen LogP) is 1.50. The Hall–Kier alpha value is -2.44. The average Bonchev–Trinajstić information content (AvgIpc) is 2.96. The molecule has 0 fully saturated rings. The van der Waals surface area contributed by atoms with Crippen LogP contribution >= 0.6 is 0 Å². The van der Waals surface area contributed by atoms with Gasteiger partial charge in [-0.1, -0.05) is 0 Å². The molecule has 0 saturated carbocycles. The Labute approximate surface area is 121 Å². The Kier molecular flexibility index (Phi) is 3.55. The van der Waals surface area contributed by atoms with Crippen molar-refractivity contribution >= 4 is 11.7 Å². The van der Waals surface area contributed by atoms with E-state index >= 15 is 0 Å². The highest BCUT2D eigenvalue weighted by atomic mass is 19.1. The largest absolute Gasteiger partial charge is 0.370 e. The summed E-state index contributed by atoms with van der Waals surface area (Å²) in [4.78, 5) is 22.5. The first-order valence-electron chi connectivity index (χ1n) is 6.87. The number of hydrogen-bond donors (Lipinski definition) is 1.